The van der Waals surface area contributed by atoms with Crippen molar-refractivity contribution in [3.8, 4) is 0 Å². The first-order valence-electron chi connectivity index (χ1n) is 6.42. The minimum atomic E-state index is 0.00201. The zero-order valence-electron chi connectivity index (χ0n) is 11.1. The maximum Gasteiger partial charge on any atom is 0.225 e. The highest BCUT2D eigenvalue weighted by Gasteiger charge is 2.21. The summed E-state index contributed by atoms with van der Waals surface area (Å²) in [4.78, 5) is 11.0. The Labute approximate surface area is 108 Å². The SMILES string of the molecule is COCC1CCN(c2ncc(CO)c(C)n2)CC1. The van der Waals surface area contributed by atoms with E-state index in [0.29, 0.717) is 5.92 Å². The van der Waals surface area contributed by atoms with Crippen LogP contribution in [-0.2, 0) is 11.3 Å². The van der Waals surface area contributed by atoms with Gasteiger partial charge in [-0.3, -0.25) is 0 Å². The Morgan fingerprint density at radius 2 is 2.17 bits per heavy atom. The zero-order chi connectivity index (χ0) is 13.0. The van der Waals surface area contributed by atoms with Crippen LogP contribution in [0.5, 0.6) is 0 Å². The molecule has 1 fully saturated rings. The number of hydrogen-bond donors (Lipinski definition) is 1. The van der Waals surface area contributed by atoms with Crippen LogP contribution in [0.25, 0.3) is 0 Å². The van der Waals surface area contributed by atoms with E-state index in [9.17, 15) is 0 Å². The molecule has 5 nitrogen and oxygen atoms in total. The van der Waals surface area contributed by atoms with E-state index in [1.807, 2.05) is 6.92 Å². The smallest absolute Gasteiger partial charge is 0.225 e. The van der Waals surface area contributed by atoms with Crippen LogP contribution in [0.3, 0.4) is 0 Å². The van der Waals surface area contributed by atoms with E-state index < -0.39 is 0 Å². The van der Waals surface area contributed by atoms with Gasteiger partial charge in [-0.1, -0.05) is 0 Å². The molecule has 18 heavy (non-hydrogen) atoms. The Morgan fingerprint density at radius 1 is 1.44 bits per heavy atom. The van der Waals surface area contributed by atoms with Crippen LogP contribution in [-0.4, -0.2) is 41.9 Å². The Hall–Kier alpha value is -1.20. The van der Waals surface area contributed by atoms with Crippen LogP contribution in [0.1, 0.15) is 24.1 Å². The number of rotatable bonds is 4. The molecule has 0 aliphatic carbocycles. The van der Waals surface area contributed by atoms with Gasteiger partial charge in [0.15, 0.2) is 0 Å². The number of methoxy groups -OCH3 is 1. The van der Waals surface area contributed by atoms with Gasteiger partial charge in [-0.2, -0.15) is 0 Å². The Kier molecular flexibility index (Phi) is 4.49. The van der Waals surface area contributed by atoms with E-state index >= 15 is 0 Å². The van der Waals surface area contributed by atoms with Crippen molar-refractivity contribution in [1.29, 1.82) is 0 Å². The van der Waals surface area contributed by atoms with Gasteiger partial charge in [-0.15, -0.1) is 0 Å². The molecule has 2 rings (SSSR count). The molecule has 0 radical (unpaired) electrons. The average Bonchev–Trinajstić information content (AvgIpc) is 2.40. The lowest BCUT2D eigenvalue weighted by atomic mass is 9.98. The van der Waals surface area contributed by atoms with Crippen LogP contribution >= 0.6 is 0 Å². The normalized spacial score (nSPS) is 17.2. The summed E-state index contributed by atoms with van der Waals surface area (Å²) in [6.07, 6.45) is 3.97. The van der Waals surface area contributed by atoms with Crippen molar-refractivity contribution in [1.82, 2.24) is 9.97 Å². The van der Waals surface area contributed by atoms with Gasteiger partial charge in [-0.25, -0.2) is 9.97 Å². The first-order chi connectivity index (χ1) is 8.74. The van der Waals surface area contributed by atoms with Crippen molar-refractivity contribution in [2.24, 2.45) is 5.92 Å². The molecule has 0 spiro atoms. The summed E-state index contributed by atoms with van der Waals surface area (Å²) in [6, 6.07) is 0. The van der Waals surface area contributed by atoms with Crippen molar-refractivity contribution in [3.05, 3.63) is 17.5 Å². The number of aryl methyl sites for hydroxylation is 1. The predicted octanol–water partition coefficient (Wildman–Crippen LogP) is 1.14. The topological polar surface area (TPSA) is 58.5 Å². The summed E-state index contributed by atoms with van der Waals surface area (Å²) in [6.45, 7) is 4.71. The molecule has 1 N–H and O–H groups in total. The molecule has 1 aliphatic rings. The maximum atomic E-state index is 9.11. The number of aromatic nitrogens is 2. The predicted molar refractivity (Wildman–Crippen MR) is 69.5 cm³/mol. The van der Waals surface area contributed by atoms with Crippen molar-refractivity contribution < 1.29 is 9.84 Å². The van der Waals surface area contributed by atoms with Crippen LogP contribution in [0, 0.1) is 12.8 Å². The lowest BCUT2D eigenvalue weighted by Gasteiger charge is -2.31. The summed E-state index contributed by atoms with van der Waals surface area (Å²) >= 11 is 0. The third kappa shape index (κ3) is 2.97. The van der Waals surface area contributed by atoms with E-state index in [1.54, 1.807) is 13.3 Å². The minimum Gasteiger partial charge on any atom is -0.392 e. The summed E-state index contributed by atoms with van der Waals surface area (Å²) in [5, 5.41) is 9.11. The number of aliphatic hydroxyl groups is 1. The summed E-state index contributed by atoms with van der Waals surface area (Å²) in [5.41, 5.74) is 1.66. The van der Waals surface area contributed by atoms with E-state index in [-0.39, 0.29) is 6.61 Å². The fraction of sp³-hybridized carbons (Fsp3) is 0.692. The molecule has 2 heterocycles. The molecule has 0 aromatic carbocycles. The Balaban J connectivity index is 1.99. The van der Waals surface area contributed by atoms with Gasteiger partial charge in [0.05, 0.1) is 6.61 Å². The van der Waals surface area contributed by atoms with Crippen LogP contribution in [0.2, 0.25) is 0 Å². The first-order valence-corrected chi connectivity index (χ1v) is 6.42. The molecule has 0 atom stereocenters. The molecular formula is C13H21N3O2. The highest BCUT2D eigenvalue weighted by Crippen LogP contribution is 2.21. The van der Waals surface area contributed by atoms with Gasteiger partial charge in [0.25, 0.3) is 0 Å². The van der Waals surface area contributed by atoms with Crippen LogP contribution in [0.15, 0.2) is 6.20 Å². The lowest BCUT2D eigenvalue weighted by Crippen LogP contribution is -2.36. The summed E-state index contributed by atoms with van der Waals surface area (Å²) < 4.78 is 5.19. The standard InChI is InChI=1S/C13H21N3O2/c1-10-12(8-17)7-14-13(15-10)16-5-3-11(4-6-16)9-18-2/h7,11,17H,3-6,8-9H2,1-2H3. The quantitative estimate of drug-likeness (QED) is 0.869. The lowest BCUT2D eigenvalue weighted by molar-refractivity contribution is 0.139. The average molecular weight is 251 g/mol. The number of aliphatic hydroxyl groups excluding tert-OH is 1. The Morgan fingerprint density at radius 3 is 2.72 bits per heavy atom. The van der Waals surface area contributed by atoms with Gasteiger partial charge < -0.3 is 14.7 Å². The Bertz CT molecular complexity index is 390. The van der Waals surface area contributed by atoms with Gasteiger partial charge in [0, 0.05) is 44.3 Å². The molecule has 1 saturated heterocycles. The minimum absolute atomic E-state index is 0.00201. The molecular weight excluding hydrogens is 230 g/mol. The number of hydrogen-bond acceptors (Lipinski definition) is 5. The molecule has 0 unspecified atom stereocenters. The van der Waals surface area contributed by atoms with E-state index in [0.717, 1.165) is 49.7 Å². The second kappa shape index (κ2) is 6.11. The van der Waals surface area contributed by atoms with E-state index in [1.165, 1.54) is 0 Å². The van der Waals surface area contributed by atoms with Gasteiger partial charge in [0.2, 0.25) is 5.95 Å². The van der Waals surface area contributed by atoms with Gasteiger partial charge in [0.1, 0.15) is 0 Å². The molecule has 0 bridgehead atoms. The highest BCUT2D eigenvalue weighted by atomic mass is 16.5. The fourth-order valence-electron chi connectivity index (χ4n) is 2.32. The first kappa shape index (κ1) is 13.2. The number of nitrogens with zero attached hydrogens (tertiary/aromatic N) is 3. The molecule has 0 amide bonds. The molecule has 5 heteroatoms. The van der Waals surface area contributed by atoms with E-state index in [2.05, 4.69) is 14.9 Å². The summed E-state index contributed by atoms with van der Waals surface area (Å²) in [5.74, 6) is 1.43. The number of piperidine rings is 1. The summed E-state index contributed by atoms with van der Waals surface area (Å²) in [7, 11) is 1.76. The largest absolute Gasteiger partial charge is 0.392 e. The van der Waals surface area contributed by atoms with Crippen LogP contribution in [0.4, 0.5) is 5.95 Å². The maximum absolute atomic E-state index is 9.11. The second-order valence-electron chi connectivity index (χ2n) is 4.82. The third-order valence-electron chi connectivity index (χ3n) is 3.54. The number of ether oxygens (including phenoxy) is 1. The van der Waals surface area contributed by atoms with Crippen molar-refractivity contribution >= 4 is 5.95 Å². The molecule has 1 aromatic heterocycles. The van der Waals surface area contributed by atoms with Crippen molar-refractivity contribution in [2.75, 3.05) is 31.7 Å². The highest BCUT2D eigenvalue weighted by molar-refractivity contribution is 5.33. The van der Waals surface area contributed by atoms with E-state index in [4.69, 9.17) is 9.84 Å². The monoisotopic (exact) mass is 251 g/mol. The molecule has 0 saturated carbocycles. The third-order valence-corrected chi connectivity index (χ3v) is 3.54. The van der Waals surface area contributed by atoms with Crippen molar-refractivity contribution in [3.63, 3.8) is 0 Å². The molecule has 1 aromatic rings. The number of anilines is 1. The second-order valence-corrected chi connectivity index (χ2v) is 4.82. The van der Waals surface area contributed by atoms with Crippen LogP contribution < -0.4 is 4.90 Å². The van der Waals surface area contributed by atoms with Gasteiger partial charge >= 0.3 is 0 Å². The molecule has 1 aliphatic heterocycles. The fourth-order valence-corrected chi connectivity index (χ4v) is 2.32. The van der Waals surface area contributed by atoms with Gasteiger partial charge in [-0.05, 0) is 25.7 Å². The molecule has 100 valence electrons. The van der Waals surface area contributed by atoms with Crippen molar-refractivity contribution in [2.45, 2.75) is 26.4 Å². The zero-order valence-corrected chi connectivity index (χ0v) is 11.1.